The first-order valence-electron chi connectivity index (χ1n) is 10.4. The topological polar surface area (TPSA) is 66.1 Å². The highest BCUT2D eigenvalue weighted by Crippen LogP contribution is 2.25. The van der Waals surface area contributed by atoms with E-state index >= 15 is 0 Å². The molecule has 3 rings (SSSR count). The van der Waals surface area contributed by atoms with Gasteiger partial charge in [-0.25, -0.2) is 8.93 Å². The van der Waals surface area contributed by atoms with Gasteiger partial charge in [0.05, 0.1) is 4.90 Å². The van der Waals surface area contributed by atoms with Crippen LogP contribution >= 0.6 is 0 Å². The number of hydrogen-bond donors (Lipinski definition) is 3. The molecule has 0 aliphatic heterocycles. The molecule has 1 atom stereocenters. The van der Waals surface area contributed by atoms with Crippen LogP contribution in [0.15, 0.2) is 84.0 Å². The largest absolute Gasteiger partial charge is 0.304 e. The van der Waals surface area contributed by atoms with Crippen molar-refractivity contribution in [2.75, 3.05) is 19.8 Å². The Balaban J connectivity index is 1.28. The summed E-state index contributed by atoms with van der Waals surface area (Å²) >= 11 is 0. The minimum absolute atomic E-state index is 0.745. The summed E-state index contributed by atoms with van der Waals surface area (Å²) in [6, 6.07) is 22.0. The summed E-state index contributed by atoms with van der Waals surface area (Å²) in [5, 5.41) is 6.75. The normalized spacial score (nSPS) is 12.0. The van der Waals surface area contributed by atoms with Crippen LogP contribution in [0.5, 0.6) is 0 Å². The summed E-state index contributed by atoms with van der Waals surface area (Å²) in [5.41, 5.74) is 3.30. The highest BCUT2D eigenvalue weighted by atomic mass is 32.2. The fraction of sp³-hybridized carbons (Fsp3) is 0.292. The molecule has 0 aliphatic rings. The maximum atomic E-state index is 12.7. The molecule has 0 saturated heterocycles. The molecular formula is C24H30N4OS. The molecule has 0 saturated carbocycles. The Morgan fingerprint density at radius 3 is 2.43 bits per heavy atom. The average molecular weight is 423 g/mol. The Labute approximate surface area is 181 Å². The highest BCUT2D eigenvalue weighted by molar-refractivity contribution is 7.83. The van der Waals surface area contributed by atoms with Crippen molar-refractivity contribution in [1.29, 1.82) is 0 Å². The van der Waals surface area contributed by atoms with Crippen LogP contribution in [0, 0.1) is 0 Å². The molecule has 2 aromatic carbocycles. The van der Waals surface area contributed by atoms with Crippen molar-refractivity contribution >= 4 is 11.0 Å². The third-order valence-corrected chi connectivity index (χ3v) is 5.96. The maximum Gasteiger partial charge on any atom is 0.125 e. The number of nitrogens with zero attached hydrogens (tertiary/aromatic N) is 1. The molecule has 6 heteroatoms. The van der Waals surface area contributed by atoms with Crippen molar-refractivity contribution < 1.29 is 4.21 Å². The predicted octanol–water partition coefficient (Wildman–Crippen LogP) is 3.87. The van der Waals surface area contributed by atoms with Crippen molar-refractivity contribution in [3.05, 3.63) is 84.7 Å². The summed E-state index contributed by atoms with van der Waals surface area (Å²) in [6.07, 6.45) is 6.87. The lowest BCUT2D eigenvalue weighted by Crippen LogP contribution is -2.29. The average Bonchev–Trinajstić information content (AvgIpc) is 2.81. The molecule has 158 valence electrons. The Hall–Kier alpha value is -2.38. The molecule has 0 fully saturated rings. The summed E-state index contributed by atoms with van der Waals surface area (Å²) in [6.45, 7) is 3.32. The molecular weight excluding hydrogens is 392 g/mol. The van der Waals surface area contributed by atoms with Crippen LogP contribution in [0.1, 0.15) is 24.8 Å². The third-order valence-electron chi connectivity index (χ3n) is 4.74. The zero-order valence-electron chi connectivity index (χ0n) is 17.2. The molecule has 1 aromatic heterocycles. The van der Waals surface area contributed by atoms with Gasteiger partial charge in [-0.1, -0.05) is 61.0 Å². The minimum atomic E-state index is -1.21. The van der Waals surface area contributed by atoms with E-state index in [9.17, 15) is 4.21 Å². The number of nitrogens with one attached hydrogen (secondary N) is 3. The molecule has 0 bridgehead atoms. The second-order valence-electron chi connectivity index (χ2n) is 7.05. The lowest BCUT2D eigenvalue weighted by Gasteiger charge is -2.10. The SMILES string of the molecule is O=S(NCCCCCNCNCc1cccnc1)c1ccccc1-c1ccccc1. The lowest BCUT2D eigenvalue weighted by atomic mass is 10.1. The smallest absolute Gasteiger partial charge is 0.125 e. The van der Waals surface area contributed by atoms with Gasteiger partial charge < -0.3 is 10.6 Å². The van der Waals surface area contributed by atoms with E-state index in [-0.39, 0.29) is 0 Å². The summed E-state index contributed by atoms with van der Waals surface area (Å²) < 4.78 is 15.9. The van der Waals surface area contributed by atoms with Crippen LogP contribution in [0.25, 0.3) is 11.1 Å². The van der Waals surface area contributed by atoms with Gasteiger partial charge in [-0.3, -0.25) is 4.98 Å². The van der Waals surface area contributed by atoms with Gasteiger partial charge in [-0.05, 0) is 48.2 Å². The van der Waals surface area contributed by atoms with E-state index in [2.05, 4.69) is 38.5 Å². The zero-order valence-corrected chi connectivity index (χ0v) is 18.0. The van der Waals surface area contributed by atoms with E-state index in [4.69, 9.17) is 0 Å². The van der Waals surface area contributed by atoms with Gasteiger partial charge in [-0.2, -0.15) is 0 Å². The van der Waals surface area contributed by atoms with E-state index in [1.807, 2.05) is 54.7 Å². The summed E-state index contributed by atoms with van der Waals surface area (Å²) in [4.78, 5) is 4.94. The summed E-state index contributed by atoms with van der Waals surface area (Å²) in [7, 11) is -1.21. The van der Waals surface area contributed by atoms with Crippen LogP contribution in [0.2, 0.25) is 0 Å². The van der Waals surface area contributed by atoms with E-state index in [0.717, 1.165) is 61.6 Å². The standard InChI is InChI=1S/C24H30N4OS/c29-30(24-14-6-5-13-23(24)22-11-3-1-4-12-22)28-17-8-2-7-15-26-20-27-19-21-10-9-16-25-18-21/h1,3-6,9-14,16,18,26-28H,2,7-8,15,17,19-20H2. The molecule has 0 spiro atoms. The lowest BCUT2D eigenvalue weighted by molar-refractivity contribution is 0.549. The molecule has 1 heterocycles. The maximum absolute atomic E-state index is 12.7. The number of hydrogen-bond acceptors (Lipinski definition) is 4. The summed E-state index contributed by atoms with van der Waals surface area (Å²) in [5.74, 6) is 0. The second kappa shape index (κ2) is 13.0. The van der Waals surface area contributed by atoms with Crippen molar-refractivity contribution in [3.63, 3.8) is 0 Å². The molecule has 3 N–H and O–H groups in total. The number of rotatable bonds is 13. The van der Waals surface area contributed by atoms with Crippen LogP contribution in [-0.2, 0) is 17.5 Å². The van der Waals surface area contributed by atoms with E-state index < -0.39 is 11.0 Å². The molecule has 3 aromatic rings. The first-order valence-corrected chi connectivity index (χ1v) is 11.6. The van der Waals surface area contributed by atoms with Crippen LogP contribution < -0.4 is 15.4 Å². The highest BCUT2D eigenvalue weighted by Gasteiger charge is 2.10. The number of unbranched alkanes of at least 4 members (excludes halogenated alkanes) is 2. The van der Waals surface area contributed by atoms with Crippen LogP contribution in [-0.4, -0.2) is 29.0 Å². The fourth-order valence-electron chi connectivity index (χ4n) is 3.17. The van der Waals surface area contributed by atoms with E-state index in [1.54, 1.807) is 6.20 Å². The Bertz CT molecular complexity index is 890. The molecule has 5 nitrogen and oxygen atoms in total. The van der Waals surface area contributed by atoms with Crippen molar-refractivity contribution in [1.82, 2.24) is 20.3 Å². The van der Waals surface area contributed by atoms with E-state index in [0.29, 0.717) is 0 Å². The van der Waals surface area contributed by atoms with Crippen molar-refractivity contribution in [2.45, 2.75) is 30.7 Å². The Kier molecular flexibility index (Phi) is 9.69. The molecule has 0 amide bonds. The van der Waals surface area contributed by atoms with Gasteiger partial charge in [0.1, 0.15) is 11.0 Å². The van der Waals surface area contributed by atoms with Gasteiger partial charge in [0.2, 0.25) is 0 Å². The van der Waals surface area contributed by atoms with Gasteiger partial charge >= 0.3 is 0 Å². The number of aromatic nitrogens is 1. The van der Waals surface area contributed by atoms with Crippen molar-refractivity contribution in [3.8, 4) is 11.1 Å². The Morgan fingerprint density at radius 1 is 0.800 bits per heavy atom. The number of benzene rings is 2. The minimum Gasteiger partial charge on any atom is -0.304 e. The zero-order chi connectivity index (χ0) is 20.9. The monoisotopic (exact) mass is 422 g/mol. The number of pyridine rings is 1. The predicted molar refractivity (Wildman–Crippen MR) is 124 cm³/mol. The molecule has 1 unspecified atom stereocenters. The fourth-order valence-corrected chi connectivity index (χ4v) is 4.24. The molecule has 0 radical (unpaired) electrons. The van der Waals surface area contributed by atoms with Gasteiger partial charge in [0.15, 0.2) is 0 Å². The van der Waals surface area contributed by atoms with Gasteiger partial charge in [0.25, 0.3) is 0 Å². The first kappa shape index (κ1) is 22.3. The van der Waals surface area contributed by atoms with Crippen LogP contribution in [0.3, 0.4) is 0 Å². The Morgan fingerprint density at radius 2 is 1.60 bits per heavy atom. The van der Waals surface area contributed by atoms with E-state index in [1.165, 1.54) is 5.56 Å². The van der Waals surface area contributed by atoms with Gasteiger partial charge in [0, 0.05) is 32.2 Å². The van der Waals surface area contributed by atoms with Crippen molar-refractivity contribution in [2.24, 2.45) is 0 Å². The molecule has 30 heavy (non-hydrogen) atoms. The van der Waals surface area contributed by atoms with Crippen LogP contribution in [0.4, 0.5) is 0 Å². The first-order chi connectivity index (χ1) is 14.8. The second-order valence-corrected chi connectivity index (χ2v) is 8.32. The third kappa shape index (κ3) is 7.46. The molecule has 0 aliphatic carbocycles. The quantitative estimate of drug-likeness (QED) is 0.289. The van der Waals surface area contributed by atoms with Gasteiger partial charge in [-0.15, -0.1) is 0 Å².